The molecule has 0 aliphatic rings. The maximum absolute atomic E-state index is 13.4. The van der Waals surface area contributed by atoms with Gasteiger partial charge in [-0.25, -0.2) is 4.39 Å². The van der Waals surface area contributed by atoms with Crippen LogP contribution in [0.5, 0.6) is 0 Å². The zero-order valence-corrected chi connectivity index (χ0v) is 10.3. The fourth-order valence-corrected chi connectivity index (χ4v) is 1.82. The summed E-state index contributed by atoms with van der Waals surface area (Å²) in [5, 5.41) is 2.89. The number of aryl methyl sites for hydroxylation is 1. The van der Waals surface area contributed by atoms with Gasteiger partial charge in [0.15, 0.2) is 0 Å². The zero-order chi connectivity index (χ0) is 13.3. The molecule has 0 radical (unpaired) electrons. The highest BCUT2D eigenvalue weighted by Gasteiger charge is 2.13. The summed E-state index contributed by atoms with van der Waals surface area (Å²) in [6.45, 7) is 0. The molecule has 18 heavy (non-hydrogen) atoms. The lowest BCUT2D eigenvalue weighted by Crippen LogP contribution is -2.16. The van der Waals surface area contributed by atoms with Gasteiger partial charge in [0, 0.05) is 18.9 Å². The molecule has 2 aromatic rings. The first-order valence-corrected chi connectivity index (χ1v) is 5.53. The molecular weight excluding hydrogens is 257 g/mol. The third kappa shape index (κ3) is 2.46. The fourth-order valence-electron chi connectivity index (χ4n) is 1.57. The number of nitrogens with two attached hydrogens (primary N) is 1. The number of anilines is 2. The van der Waals surface area contributed by atoms with E-state index in [2.05, 4.69) is 5.32 Å². The Hall–Kier alpha value is -2.01. The van der Waals surface area contributed by atoms with Gasteiger partial charge in [-0.05, 0) is 24.3 Å². The number of hydrogen-bond donors (Lipinski definition) is 2. The molecule has 0 saturated carbocycles. The molecule has 0 atom stereocenters. The van der Waals surface area contributed by atoms with Gasteiger partial charge in [0.25, 0.3) is 5.91 Å². The highest BCUT2D eigenvalue weighted by molar-refractivity contribution is 6.31. The second-order valence-electron chi connectivity index (χ2n) is 3.85. The Kier molecular flexibility index (Phi) is 3.25. The first-order valence-electron chi connectivity index (χ1n) is 5.15. The van der Waals surface area contributed by atoms with Crippen molar-refractivity contribution in [1.82, 2.24) is 4.57 Å². The van der Waals surface area contributed by atoms with Crippen molar-refractivity contribution in [3.8, 4) is 0 Å². The maximum Gasteiger partial charge on any atom is 0.272 e. The molecular formula is C12H11ClFN3O. The van der Waals surface area contributed by atoms with E-state index in [4.69, 9.17) is 17.3 Å². The number of aromatic nitrogens is 1. The first-order chi connectivity index (χ1) is 8.47. The van der Waals surface area contributed by atoms with E-state index in [0.29, 0.717) is 16.4 Å². The van der Waals surface area contributed by atoms with Gasteiger partial charge < -0.3 is 15.6 Å². The van der Waals surface area contributed by atoms with Crippen LogP contribution in [-0.2, 0) is 7.05 Å². The molecule has 94 valence electrons. The molecule has 0 fully saturated rings. The predicted molar refractivity (Wildman–Crippen MR) is 69.2 cm³/mol. The largest absolute Gasteiger partial charge is 0.399 e. The SMILES string of the molecule is Cn1cc(Cl)cc1C(=O)Nc1cc(N)ccc1F. The molecule has 0 saturated heterocycles. The van der Waals surface area contributed by atoms with Gasteiger partial charge >= 0.3 is 0 Å². The Bertz CT molecular complexity index is 609. The number of amides is 1. The van der Waals surface area contributed by atoms with Crippen LogP contribution in [0, 0.1) is 5.82 Å². The summed E-state index contributed by atoms with van der Waals surface area (Å²) in [7, 11) is 1.68. The summed E-state index contributed by atoms with van der Waals surface area (Å²) in [5.41, 5.74) is 6.28. The van der Waals surface area contributed by atoms with Crippen LogP contribution in [0.1, 0.15) is 10.5 Å². The monoisotopic (exact) mass is 267 g/mol. The van der Waals surface area contributed by atoms with Crippen LogP contribution in [0.4, 0.5) is 15.8 Å². The Morgan fingerprint density at radius 2 is 2.17 bits per heavy atom. The Morgan fingerprint density at radius 1 is 1.44 bits per heavy atom. The molecule has 1 heterocycles. The van der Waals surface area contributed by atoms with Crippen LogP contribution in [0.25, 0.3) is 0 Å². The lowest BCUT2D eigenvalue weighted by molar-refractivity contribution is 0.101. The van der Waals surface area contributed by atoms with Crippen molar-refractivity contribution in [2.24, 2.45) is 7.05 Å². The lowest BCUT2D eigenvalue weighted by atomic mass is 10.2. The smallest absolute Gasteiger partial charge is 0.272 e. The number of nitrogens with zero attached hydrogens (tertiary/aromatic N) is 1. The Morgan fingerprint density at radius 3 is 2.78 bits per heavy atom. The summed E-state index contributed by atoms with van der Waals surface area (Å²) in [5.74, 6) is -0.994. The van der Waals surface area contributed by atoms with Crippen molar-refractivity contribution >= 4 is 28.9 Å². The summed E-state index contributed by atoms with van der Waals surface area (Å²) in [6.07, 6.45) is 1.59. The molecule has 6 heteroatoms. The number of hydrogen-bond acceptors (Lipinski definition) is 2. The van der Waals surface area contributed by atoms with E-state index in [-0.39, 0.29) is 5.69 Å². The number of nitrogens with one attached hydrogen (secondary N) is 1. The van der Waals surface area contributed by atoms with E-state index < -0.39 is 11.7 Å². The van der Waals surface area contributed by atoms with Crippen LogP contribution in [0.2, 0.25) is 5.02 Å². The standard InChI is InChI=1S/C12H11ClFN3O/c1-17-6-7(13)4-11(17)12(18)16-10-5-8(15)2-3-9(10)14/h2-6H,15H2,1H3,(H,16,18). The van der Waals surface area contributed by atoms with E-state index in [9.17, 15) is 9.18 Å². The van der Waals surface area contributed by atoms with Crippen molar-refractivity contribution in [3.63, 3.8) is 0 Å². The van der Waals surface area contributed by atoms with Gasteiger partial charge in [-0.2, -0.15) is 0 Å². The highest BCUT2D eigenvalue weighted by atomic mass is 35.5. The van der Waals surface area contributed by atoms with Gasteiger partial charge in [0.2, 0.25) is 0 Å². The number of nitrogen functional groups attached to an aromatic ring is 1. The first kappa shape index (κ1) is 12.4. The molecule has 1 aromatic heterocycles. The molecule has 0 bridgehead atoms. The normalized spacial score (nSPS) is 10.4. The number of carbonyl (C=O) groups excluding carboxylic acids is 1. The molecule has 1 aromatic carbocycles. The topological polar surface area (TPSA) is 60.0 Å². The molecule has 0 aliphatic carbocycles. The number of halogens is 2. The molecule has 2 rings (SSSR count). The fraction of sp³-hybridized carbons (Fsp3) is 0.0833. The minimum absolute atomic E-state index is 0.0392. The number of carbonyl (C=O) groups is 1. The molecule has 0 unspecified atom stereocenters. The number of benzene rings is 1. The van der Waals surface area contributed by atoms with Crippen LogP contribution in [0.3, 0.4) is 0 Å². The van der Waals surface area contributed by atoms with Gasteiger partial charge in [0.05, 0.1) is 10.7 Å². The maximum atomic E-state index is 13.4. The van der Waals surface area contributed by atoms with Gasteiger partial charge in [0.1, 0.15) is 11.5 Å². The van der Waals surface area contributed by atoms with Crippen LogP contribution < -0.4 is 11.1 Å². The summed E-state index contributed by atoms with van der Waals surface area (Å²) >= 11 is 5.77. The molecule has 1 amide bonds. The second kappa shape index (κ2) is 4.70. The lowest BCUT2D eigenvalue weighted by Gasteiger charge is -2.07. The van der Waals surface area contributed by atoms with E-state index in [1.807, 2.05) is 0 Å². The molecule has 3 N–H and O–H groups in total. The van der Waals surface area contributed by atoms with E-state index in [1.165, 1.54) is 24.3 Å². The van der Waals surface area contributed by atoms with Crippen molar-refractivity contribution in [2.45, 2.75) is 0 Å². The molecule has 0 aliphatic heterocycles. The quantitative estimate of drug-likeness (QED) is 0.822. The van der Waals surface area contributed by atoms with Crippen LogP contribution in [0.15, 0.2) is 30.5 Å². The van der Waals surface area contributed by atoms with Crippen LogP contribution in [-0.4, -0.2) is 10.5 Å². The third-order valence-corrected chi connectivity index (χ3v) is 2.65. The number of rotatable bonds is 2. The van der Waals surface area contributed by atoms with Gasteiger partial charge in [-0.3, -0.25) is 4.79 Å². The molecule has 4 nitrogen and oxygen atoms in total. The average Bonchev–Trinajstić information content (AvgIpc) is 2.63. The minimum atomic E-state index is -0.544. The summed E-state index contributed by atoms with van der Waals surface area (Å²) in [4.78, 5) is 11.9. The zero-order valence-electron chi connectivity index (χ0n) is 9.58. The van der Waals surface area contributed by atoms with Crippen molar-refractivity contribution in [3.05, 3.63) is 47.0 Å². The Balaban J connectivity index is 2.26. The van der Waals surface area contributed by atoms with Crippen molar-refractivity contribution < 1.29 is 9.18 Å². The van der Waals surface area contributed by atoms with Crippen LogP contribution >= 0.6 is 11.6 Å². The average molecular weight is 268 g/mol. The minimum Gasteiger partial charge on any atom is -0.399 e. The van der Waals surface area contributed by atoms with E-state index in [1.54, 1.807) is 17.8 Å². The van der Waals surface area contributed by atoms with Gasteiger partial charge in [-0.15, -0.1) is 0 Å². The Labute approximate surface area is 108 Å². The van der Waals surface area contributed by atoms with E-state index >= 15 is 0 Å². The third-order valence-electron chi connectivity index (χ3n) is 2.44. The highest BCUT2D eigenvalue weighted by Crippen LogP contribution is 2.19. The summed E-state index contributed by atoms with van der Waals surface area (Å²) < 4.78 is 15.0. The van der Waals surface area contributed by atoms with E-state index in [0.717, 1.165) is 0 Å². The summed E-state index contributed by atoms with van der Waals surface area (Å²) in [6, 6.07) is 5.48. The van der Waals surface area contributed by atoms with Crippen molar-refractivity contribution in [1.29, 1.82) is 0 Å². The molecule has 0 spiro atoms. The second-order valence-corrected chi connectivity index (χ2v) is 4.28. The predicted octanol–water partition coefficient (Wildman–Crippen LogP) is 2.65. The van der Waals surface area contributed by atoms with Gasteiger partial charge in [-0.1, -0.05) is 11.6 Å². The van der Waals surface area contributed by atoms with Crippen molar-refractivity contribution in [2.75, 3.05) is 11.1 Å².